The molecule has 0 aliphatic carbocycles. The Hall–Kier alpha value is -6.80. The van der Waals surface area contributed by atoms with E-state index < -0.39 is 0 Å². The van der Waals surface area contributed by atoms with Gasteiger partial charge in [0.1, 0.15) is 0 Å². The van der Waals surface area contributed by atoms with Crippen molar-refractivity contribution in [1.29, 1.82) is 0 Å². The van der Waals surface area contributed by atoms with Crippen LogP contribution in [-0.4, -0.2) is 39.9 Å². The number of aromatic nitrogens is 8. The normalized spacial score (nSPS) is 12.8. The maximum absolute atomic E-state index is 5.48. The lowest BCUT2D eigenvalue weighted by Crippen LogP contribution is -1.89. The number of aryl methyl sites for hydroxylation is 2. The van der Waals surface area contributed by atoms with E-state index in [2.05, 4.69) is 130 Å². The second-order valence-corrected chi connectivity index (χ2v) is 14.0. The van der Waals surface area contributed by atoms with E-state index in [-0.39, 0.29) is 0 Å². The molecule has 56 heavy (non-hydrogen) atoms. The van der Waals surface area contributed by atoms with Crippen LogP contribution < -0.4 is 0 Å². The SMILES string of the molecule is CCC1=C(c2ccncc2)c2cc3[nH]c(cc4nc(cc5[nH]c(cc1n2)c(-c1ccncc1)c5CC)C(c1ccncc1)=C4CC)c(-c1ccncc1)c3CC. The summed E-state index contributed by atoms with van der Waals surface area (Å²) in [6.07, 6.45) is 18.1. The highest BCUT2D eigenvalue weighted by atomic mass is 14.8. The zero-order valence-corrected chi connectivity index (χ0v) is 32.1. The maximum atomic E-state index is 5.48. The molecule has 0 spiro atoms. The first-order chi connectivity index (χ1) is 27.6. The predicted molar refractivity (Wildman–Crippen MR) is 227 cm³/mol. The average Bonchev–Trinajstić information content (AvgIpc) is 3.98. The molecule has 8 heteroatoms. The van der Waals surface area contributed by atoms with Gasteiger partial charge in [-0.2, -0.15) is 0 Å². The van der Waals surface area contributed by atoms with Crippen molar-refractivity contribution in [3.63, 3.8) is 0 Å². The molecule has 8 nitrogen and oxygen atoms in total. The third kappa shape index (κ3) is 6.04. The minimum atomic E-state index is 0.802. The standard InChI is InChI=1S/C48H42N8/c1-5-33-37-25-42-46(30-11-19-50-20-12-30)35(7-3)39(54-42)27-44-48(32-15-23-52-24-16-32)36(8-4)40(56-44)28-43-47(31-13-21-51-22-14-31)34(6-2)38(55-43)26-41(53-37)45(33)29-9-17-49-18-10-29/h9-28,53,56H,5-8H2,1-4H3. The molecule has 0 radical (unpaired) electrons. The summed E-state index contributed by atoms with van der Waals surface area (Å²) in [7, 11) is 0. The van der Waals surface area contributed by atoms with Crippen LogP contribution in [0.3, 0.4) is 0 Å². The summed E-state index contributed by atoms with van der Waals surface area (Å²) in [5.41, 5.74) is 21.5. The van der Waals surface area contributed by atoms with Crippen molar-refractivity contribution >= 4 is 44.4 Å². The Bertz CT molecular complexity index is 2620. The van der Waals surface area contributed by atoms with Crippen molar-refractivity contribution in [2.24, 2.45) is 0 Å². The van der Waals surface area contributed by atoms with Crippen LogP contribution in [0.1, 0.15) is 85.6 Å². The molecule has 0 fully saturated rings. The number of rotatable bonds is 8. The highest BCUT2D eigenvalue weighted by Gasteiger charge is 2.25. The first-order valence-electron chi connectivity index (χ1n) is 19.5. The van der Waals surface area contributed by atoms with E-state index in [1.54, 1.807) is 0 Å². The van der Waals surface area contributed by atoms with Crippen molar-refractivity contribution in [2.45, 2.75) is 53.4 Å². The molecule has 0 atom stereocenters. The molecule has 9 heterocycles. The van der Waals surface area contributed by atoms with Gasteiger partial charge < -0.3 is 9.97 Å². The highest BCUT2D eigenvalue weighted by Crippen LogP contribution is 2.42. The minimum absolute atomic E-state index is 0.802. The maximum Gasteiger partial charge on any atom is 0.0739 e. The van der Waals surface area contributed by atoms with Gasteiger partial charge in [0.2, 0.25) is 0 Å². The summed E-state index contributed by atoms with van der Waals surface area (Å²) in [5.74, 6) is 0. The van der Waals surface area contributed by atoms with Crippen molar-refractivity contribution in [2.75, 3.05) is 0 Å². The fraction of sp³-hybridized carbons (Fsp3) is 0.167. The van der Waals surface area contributed by atoms with Gasteiger partial charge in [0.15, 0.2) is 0 Å². The van der Waals surface area contributed by atoms with Gasteiger partial charge in [-0.1, -0.05) is 27.7 Å². The minimum Gasteiger partial charge on any atom is -0.355 e. The molecule has 0 amide bonds. The Morgan fingerprint density at radius 2 is 0.696 bits per heavy atom. The summed E-state index contributed by atoms with van der Waals surface area (Å²) >= 11 is 0. The van der Waals surface area contributed by atoms with Crippen molar-refractivity contribution in [3.8, 4) is 22.3 Å². The lowest BCUT2D eigenvalue weighted by atomic mass is 9.94. The van der Waals surface area contributed by atoms with Gasteiger partial charge in [0, 0.05) is 93.9 Å². The third-order valence-electron chi connectivity index (χ3n) is 11.0. The molecule has 0 unspecified atom stereocenters. The van der Waals surface area contributed by atoms with E-state index in [0.717, 1.165) is 115 Å². The molecule has 0 saturated heterocycles. The van der Waals surface area contributed by atoms with E-state index in [4.69, 9.17) is 9.97 Å². The van der Waals surface area contributed by atoms with Gasteiger partial charge in [-0.15, -0.1) is 0 Å². The topological polar surface area (TPSA) is 109 Å². The molecule has 2 aliphatic rings. The second-order valence-electron chi connectivity index (χ2n) is 14.0. The quantitative estimate of drug-likeness (QED) is 0.161. The lowest BCUT2D eigenvalue weighted by molar-refractivity contribution is 1.16. The van der Waals surface area contributed by atoms with E-state index in [9.17, 15) is 0 Å². The number of aromatic amines is 2. The van der Waals surface area contributed by atoms with E-state index in [1.165, 1.54) is 22.3 Å². The first kappa shape index (κ1) is 34.9. The van der Waals surface area contributed by atoms with Crippen LogP contribution in [0.4, 0.5) is 0 Å². The van der Waals surface area contributed by atoms with Gasteiger partial charge in [0.05, 0.1) is 22.8 Å². The monoisotopic (exact) mass is 730 g/mol. The Morgan fingerprint density at radius 3 is 1.02 bits per heavy atom. The molecule has 2 aliphatic heterocycles. The molecule has 274 valence electrons. The fourth-order valence-electron chi connectivity index (χ4n) is 8.52. The van der Waals surface area contributed by atoms with Crippen molar-refractivity contribution < 1.29 is 0 Å². The van der Waals surface area contributed by atoms with Crippen LogP contribution in [0.15, 0.2) is 122 Å². The van der Waals surface area contributed by atoms with E-state index >= 15 is 0 Å². The zero-order valence-electron chi connectivity index (χ0n) is 32.1. The van der Waals surface area contributed by atoms with Gasteiger partial charge in [0.25, 0.3) is 0 Å². The zero-order chi connectivity index (χ0) is 38.2. The molecule has 0 saturated carbocycles. The van der Waals surface area contributed by atoms with Crippen LogP contribution in [0.2, 0.25) is 0 Å². The first-order valence-corrected chi connectivity index (χ1v) is 19.5. The van der Waals surface area contributed by atoms with Crippen molar-refractivity contribution in [1.82, 2.24) is 39.9 Å². The van der Waals surface area contributed by atoms with Gasteiger partial charge in [-0.25, -0.2) is 9.97 Å². The predicted octanol–water partition coefficient (Wildman–Crippen LogP) is 11.1. The number of nitrogens with zero attached hydrogens (tertiary/aromatic N) is 6. The van der Waals surface area contributed by atoms with Crippen molar-refractivity contribution in [3.05, 3.63) is 167 Å². The summed E-state index contributed by atoms with van der Waals surface area (Å²) < 4.78 is 0. The molecule has 0 aromatic carbocycles. The van der Waals surface area contributed by atoms with Crippen LogP contribution in [0.5, 0.6) is 0 Å². The second kappa shape index (κ2) is 14.8. The smallest absolute Gasteiger partial charge is 0.0739 e. The van der Waals surface area contributed by atoms with E-state index in [1.807, 2.05) is 49.6 Å². The van der Waals surface area contributed by atoms with Gasteiger partial charge in [-0.05, 0) is 143 Å². The van der Waals surface area contributed by atoms with Crippen LogP contribution in [-0.2, 0) is 12.8 Å². The van der Waals surface area contributed by atoms with Crippen LogP contribution in [0, 0.1) is 0 Å². The van der Waals surface area contributed by atoms with Crippen LogP contribution in [0.25, 0.3) is 66.6 Å². The Kier molecular flexibility index (Phi) is 9.23. The van der Waals surface area contributed by atoms with Gasteiger partial charge >= 0.3 is 0 Å². The summed E-state index contributed by atoms with van der Waals surface area (Å²) in [5, 5.41) is 0. The third-order valence-corrected chi connectivity index (χ3v) is 11.0. The number of H-pyrrole nitrogens is 2. The largest absolute Gasteiger partial charge is 0.355 e. The number of hydrogen-bond acceptors (Lipinski definition) is 6. The fourth-order valence-corrected chi connectivity index (χ4v) is 8.52. The number of hydrogen-bond donors (Lipinski definition) is 2. The number of pyridine rings is 4. The number of allylic oxidation sites excluding steroid dienone is 2. The Morgan fingerprint density at radius 1 is 0.375 bits per heavy atom. The Balaban J connectivity index is 1.49. The average molecular weight is 731 g/mol. The molecular weight excluding hydrogens is 689 g/mol. The Labute approximate surface area is 326 Å². The summed E-state index contributed by atoms with van der Waals surface area (Å²) in [6, 6.07) is 25.6. The molecule has 2 N–H and O–H groups in total. The number of nitrogens with one attached hydrogen (secondary N) is 2. The number of fused-ring (bicyclic) bond motifs is 8. The molecule has 9 rings (SSSR count). The molecular formula is C48H42N8. The van der Waals surface area contributed by atoms with Gasteiger partial charge in [-0.3, -0.25) is 19.9 Å². The lowest BCUT2D eigenvalue weighted by Gasteiger charge is -2.07. The molecule has 8 bridgehead atoms. The summed E-state index contributed by atoms with van der Waals surface area (Å²) in [4.78, 5) is 36.2. The van der Waals surface area contributed by atoms with E-state index in [0.29, 0.717) is 0 Å². The van der Waals surface area contributed by atoms with Crippen LogP contribution >= 0.6 is 0 Å². The highest BCUT2D eigenvalue weighted by molar-refractivity contribution is 6.04. The molecule has 7 aromatic rings. The molecule has 7 aromatic heterocycles. The summed E-state index contributed by atoms with van der Waals surface area (Å²) in [6.45, 7) is 8.87.